The van der Waals surface area contributed by atoms with Crippen LogP contribution in [0.25, 0.3) is 0 Å². The highest BCUT2D eigenvalue weighted by Crippen LogP contribution is 2.30. The number of rotatable bonds is 5. The van der Waals surface area contributed by atoms with Crippen LogP contribution < -0.4 is 10.6 Å². The summed E-state index contributed by atoms with van der Waals surface area (Å²) < 4.78 is 14.2. The van der Waals surface area contributed by atoms with Crippen molar-refractivity contribution >= 4 is 45.0 Å². The fraction of sp³-hybridized carbons (Fsp3) is 0.389. The number of nitrogens with one attached hydrogen (secondary N) is 2. The van der Waals surface area contributed by atoms with Gasteiger partial charge in [0.1, 0.15) is 10.8 Å². The molecule has 3 N–H and O–H groups in total. The molecule has 0 radical (unpaired) electrons. The number of hydrogen-bond acceptors (Lipinski definition) is 6. The van der Waals surface area contributed by atoms with Gasteiger partial charge in [0.25, 0.3) is 0 Å². The number of benzene rings is 1. The van der Waals surface area contributed by atoms with Crippen LogP contribution in [0.15, 0.2) is 22.8 Å². The molecule has 0 saturated heterocycles. The normalized spacial score (nSPS) is 19.4. The maximum Gasteiger partial charge on any atom is 0.229 e. The van der Waals surface area contributed by atoms with E-state index in [0.717, 1.165) is 25.7 Å². The Kier molecular flexibility index (Phi) is 6.47. The molecule has 1 aliphatic carbocycles. The van der Waals surface area contributed by atoms with Crippen LogP contribution in [-0.2, 0) is 6.61 Å². The molecule has 0 aliphatic heterocycles. The number of anilines is 3. The predicted octanol–water partition coefficient (Wildman–Crippen LogP) is 4.76. The third-order valence-corrected chi connectivity index (χ3v) is 5.69. The zero-order valence-electron chi connectivity index (χ0n) is 14.3. The fourth-order valence-corrected chi connectivity index (χ4v) is 3.62. The van der Waals surface area contributed by atoms with Crippen molar-refractivity contribution in [1.29, 1.82) is 5.26 Å². The van der Waals surface area contributed by atoms with E-state index in [2.05, 4.69) is 42.6 Å². The SMILES string of the molecule is N#CC1CCCC[C@@H]1Nc1nc(Nc2cc(F)c(Br)c(CO)c2)ncc1Cl. The summed E-state index contributed by atoms with van der Waals surface area (Å²) in [6.07, 6.45) is 5.27. The number of aliphatic hydroxyl groups excluding tert-OH is 1. The average molecular weight is 455 g/mol. The molecule has 1 aliphatic rings. The molecule has 0 spiro atoms. The van der Waals surface area contributed by atoms with Gasteiger partial charge in [0.2, 0.25) is 5.95 Å². The van der Waals surface area contributed by atoms with Gasteiger partial charge in [-0.25, -0.2) is 9.37 Å². The monoisotopic (exact) mass is 453 g/mol. The predicted molar refractivity (Wildman–Crippen MR) is 105 cm³/mol. The van der Waals surface area contributed by atoms with E-state index in [1.54, 1.807) is 6.07 Å². The third kappa shape index (κ3) is 4.67. The molecule has 1 unspecified atom stereocenters. The zero-order valence-corrected chi connectivity index (χ0v) is 16.7. The Balaban J connectivity index is 1.81. The molecule has 1 saturated carbocycles. The molecular formula is C18H18BrClFN5O. The maximum absolute atomic E-state index is 14.0. The minimum Gasteiger partial charge on any atom is -0.392 e. The number of hydrogen-bond donors (Lipinski definition) is 3. The van der Waals surface area contributed by atoms with Crippen LogP contribution in [-0.4, -0.2) is 21.1 Å². The van der Waals surface area contributed by atoms with Crippen LogP contribution in [0.4, 0.5) is 21.8 Å². The molecule has 0 bridgehead atoms. The molecule has 1 aromatic carbocycles. The second-order valence-corrected chi connectivity index (χ2v) is 7.58. The van der Waals surface area contributed by atoms with Crippen LogP contribution in [0.2, 0.25) is 5.02 Å². The number of aromatic nitrogens is 2. The van der Waals surface area contributed by atoms with Gasteiger partial charge in [0.15, 0.2) is 5.82 Å². The Morgan fingerprint density at radius 2 is 2.15 bits per heavy atom. The summed E-state index contributed by atoms with van der Waals surface area (Å²) in [4.78, 5) is 8.48. The molecule has 27 heavy (non-hydrogen) atoms. The van der Waals surface area contributed by atoms with E-state index in [0.29, 0.717) is 22.1 Å². The molecule has 2 atom stereocenters. The Morgan fingerprint density at radius 1 is 1.37 bits per heavy atom. The second-order valence-electron chi connectivity index (χ2n) is 6.38. The van der Waals surface area contributed by atoms with Gasteiger partial charge in [0.05, 0.1) is 29.3 Å². The summed E-state index contributed by atoms with van der Waals surface area (Å²) in [5.41, 5.74) is 0.810. The molecule has 9 heteroatoms. The molecule has 6 nitrogen and oxygen atoms in total. The highest BCUT2D eigenvalue weighted by molar-refractivity contribution is 9.10. The van der Waals surface area contributed by atoms with E-state index in [-0.39, 0.29) is 29.0 Å². The first-order chi connectivity index (χ1) is 13.0. The van der Waals surface area contributed by atoms with Gasteiger partial charge in [-0.05, 0) is 46.5 Å². The van der Waals surface area contributed by atoms with Gasteiger partial charge in [0, 0.05) is 11.7 Å². The third-order valence-electron chi connectivity index (χ3n) is 4.53. The average Bonchev–Trinajstić information content (AvgIpc) is 2.67. The van der Waals surface area contributed by atoms with Crippen molar-refractivity contribution in [3.63, 3.8) is 0 Å². The van der Waals surface area contributed by atoms with Gasteiger partial charge >= 0.3 is 0 Å². The zero-order chi connectivity index (χ0) is 19.4. The number of aliphatic hydroxyl groups is 1. The van der Waals surface area contributed by atoms with Crippen molar-refractivity contribution in [3.05, 3.63) is 39.2 Å². The smallest absolute Gasteiger partial charge is 0.229 e. The van der Waals surface area contributed by atoms with Crippen molar-refractivity contribution in [1.82, 2.24) is 9.97 Å². The van der Waals surface area contributed by atoms with E-state index < -0.39 is 5.82 Å². The quantitative estimate of drug-likeness (QED) is 0.603. The molecule has 3 rings (SSSR count). The van der Waals surface area contributed by atoms with Crippen molar-refractivity contribution in [2.75, 3.05) is 10.6 Å². The fourth-order valence-electron chi connectivity index (χ4n) is 3.12. The molecular weight excluding hydrogens is 437 g/mol. The van der Waals surface area contributed by atoms with Gasteiger partial charge in [-0.2, -0.15) is 10.2 Å². The first-order valence-corrected chi connectivity index (χ1v) is 9.73. The van der Waals surface area contributed by atoms with E-state index >= 15 is 0 Å². The summed E-state index contributed by atoms with van der Waals surface area (Å²) in [6, 6.07) is 5.20. The number of nitrogens with zero attached hydrogens (tertiary/aromatic N) is 3. The van der Waals surface area contributed by atoms with Crippen molar-refractivity contribution < 1.29 is 9.50 Å². The van der Waals surface area contributed by atoms with Crippen LogP contribution >= 0.6 is 27.5 Å². The standard InChI is InChI=1S/C18H18BrClFN5O/c19-16-11(9-27)5-12(6-14(16)21)24-18-23-8-13(20)17(26-18)25-15-4-2-1-3-10(15)7-22/h5-6,8,10,15,27H,1-4,9H2,(H2,23,24,25,26)/t10?,15-/m0/s1. The van der Waals surface area contributed by atoms with Crippen LogP contribution in [0, 0.1) is 23.1 Å². The summed E-state index contributed by atoms with van der Waals surface area (Å²) in [7, 11) is 0. The lowest BCUT2D eigenvalue weighted by molar-refractivity contribution is 0.280. The topological polar surface area (TPSA) is 93.9 Å². The molecule has 0 amide bonds. The Hall–Kier alpha value is -1.95. The maximum atomic E-state index is 14.0. The Bertz CT molecular complexity index is 876. The summed E-state index contributed by atoms with van der Waals surface area (Å²) in [6.45, 7) is -0.307. The summed E-state index contributed by atoms with van der Waals surface area (Å²) in [5, 5.41) is 25.2. The van der Waals surface area contributed by atoms with Crippen molar-refractivity contribution in [2.24, 2.45) is 5.92 Å². The van der Waals surface area contributed by atoms with Gasteiger partial charge in [-0.15, -0.1) is 0 Å². The largest absolute Gasteiger partial charge is 0.392 e. The van der Waals surface area contributed by atoms with E-state index in [9.17, 15) is 14.8 Å². The molecule has 1 fully saturated rings. The lowest BCUT2D eigenvalue weighted by Gasteiger charge is -2.28. The van der Waals surface area contributed by atoms with Crippen molar-refractivity contribution in [3.8, 4) is 6.07 Å². The Labute approximate surface area is 169 Å². The summed E-state index contributed by atoms with van der Waals surface area (Å²) >= 11 is 9.31. The molecule has 2 aromatic rings. The van der Waals surface area contributed by atoms with Crippen molar-refractivity contribution in [2.45, 2.75) is 38.3 Å². The van der Waals surface area contributed by atoms with E-state index in [1.807, 2.05) is 0 Å². The first kappa shape index (κ1) is 19.8. The number of nitriles is 1. The van der Waals surface area contributed by atoms with Crippen LogP contribution in [0.5, 0.6) is 0 Å². The summed E-state index contributed by atoms with van der Waals surface area (Å²) in [5.74, 6) is 0.0717. The lowest BCUT2D eigenvalue weighted by atomic mass is 9.85. The minimum absolute atomic E-state index is 0.0184. The Morgan fingerprint density at radius 3 is 2.89 bits per heavy atom. The molecule has 1 aromatic heterocycles. The van der Waals surface area contributed by atoms with Crippen LogP contribution in [0.3, 0.4) is 0 Å². The van der Waals surface area contributed by atoms with E-state index in [4.69, 9.17) is 11.6 Å². The minimum atomic E-state index is -0.504. The van der Waals surface area contributed by atoms with E-state index in [1.165, 1.54) is 12.3 Å². The molecule has 1 heterocycles. The second kappa shape index (κ2) is 8.83. The lowest BCUT2D eigenvalue weighted by Crippen LogP contribution is -2.31. The van der Waals surface area contributed by atoms with Gasteiger partial charge < -0.3 is 15.7 Å². The van der Waals surface area contributed by atoms with Crippen LogP contribution in [0.1, 0.15) is 31.2 Å². The number of halogens is 3. The van der Waals surface area contributed by atoms with Gasteiger partial charge in [-0.1, -0.05) is 24.4 Å². The molecule has 142 valence electrons. The highest BCUT2D eigenvalue weighted by Gasteiger charge is 2.26. The van der Waals surface area contributed by atoms with Gasteiger partial charge in [-0.3, -0.25) is 0 Å². The first-order valence-electron chi connectivity index (χ1n) is 8.56. The highest BCUT2D eigenvalue weighted by atomic mass is 79.9.